The maximum absolute atomic E-state index is 10.8. The quantitative estimate of drug-likeness (QED) is 0.735. The monoisotopic (exact) mass is 222 g/mol. The van der Waals surface area contributed by atoms with Crippen molar-refractivity contribution in [3.8, 4) is 6.07 Å². The molecule has 3 nitrogen and oxygen atoms in total. The summed E-state index contributed by atoms with van der Waals surface area (Å²) in [6.45, 7) is 3.77. The first-order valence-corrected chi connectivity index (χ1v) is 6.33. The summed E-state index contributed by atoms with van der Waals surface area (Å²) in [5.41, 5.74) is -1.26. The van der Waals surface area contributed by atoms with E-state index in [1.54, 1.807) is 0 Å². The predicted molar refractivity (Wildman–Crippen MR) is 62.7 cm³/mol. The van der Waals surface area contributed by atoms with Crippen LogP contribution in [-0.2, 0) is 0 Å². The number of likely N-dealkylation sites (tertiary alicyclic amines) is 1. The van der Waals surface area contributed by atoms with Crippen LogP contribution in [-0.4, -0.2) is 35.7 Å². The second-order valence-electron chi connectivity index (χ2n) is 5.91. The van der Waals surface area contributed by atoms with E-state index in [9.17, 15) is 10.4 Å². The summed E-state index contributed by atoms with van der Waals surface area (Å²) in [6, 6.07) is 2.47. The third kappa shape index (κ3) is 1.74. The van der Waals surface area contributed by atoms with Gasteiger partial charge in [0.05, 0.1) is 17.1 Å². The minimum Gasteiger partial charge on any atom is -0.387 e. The topological polar surface area (TPSA) is 47.3 Å². The molecule has 3 atom stereocenters. The van der Waals surface area contributed by atoms with Crippen molar-refractivity contribution < 1.29 is 5.11 Å². The summed E-state index contributed by atoms with van der Waals surface area (Å²) in [5, 5.41) is 20.3. The van der Waals surface area contributed by atoms with Gasteiger partial charge >= 0.3 is 0 Å². The van der Waals surface area contributed by atoms with Crippen LogP contribution in [0.1, 0.15) is 39.0 Å². The molecule has 2 aliphatic rings. The molecule has 90 valence electrons. The number of β-amino-alcohol motifs (C(OH)–C–C–N with tert-alkyl or cyclic N) is 1. The minimum absolute atomic E-state index is 0.491. The maximum Gasteiger partial charge on any atom is 0.0971 e. The summed E-state index contributed by atoms with van der Waals surface area (Å²) >= 11 is 0. The SMILES string of the molecule is CC1CCCC(C#N)(C2(O)CCN(C)C2)C1. The van der Waals surface area contributed by atoms with E-state index >= 15 is 0 Å². The van der Waals surface area contributed by atoms with Crippen LogP contribution in [0.5, 0.6) is 0 Å². The summed E-state index contributed by atoms with van der Waals surface area (Å²) in [5.74, 6) is 0.573. The van der Waals surface area contributed by atoms with Crippen LogP contribution < -0.4 is 0 Å². The average molecular weight is 222 g/mol. The van der Waals surface area contributed by atoms with E-state index in [0.29, 0.717) is 12.5 Å². The van der Waals surface area contributed by atoms with Crippen LogP contribution >= 0.6 is 0 Å². The molecule has 0 amide bonds. The Bertz CT molecular complexity index is 312. The van der Waals surface area contributed by atoms with E-state index in [1.165, 1.54) is 6.42 Å². The smallest absolute Gasteiger partial charge is 0.0971 e. The second-order valence-corrected chi connectivity index (χ2v) is 5.91. The highest BCUT2D eigenvalue weighted by molar-refractivity contribution is 5.15. The zero-order valence-corrected chi connectivity index (χ0v) is 10.4. The first-order chi connectivity index (χ1) is 7.51. The molecular weight excluding hydrogens is 200 g/mol. The molecule has 0 bridgehead atoms. The van der Waals surface area contributed by atoms with Crippen LogP contribution in [0.25, 0.3) is 0 Å². The number of aliphatic hydroxyl groups is 1. The molecule has 0 aromatic rings. The third-order valence-corrected chi connectivity index (χ3v) is 4.54. The third-order valence-electron chi connectivity index (χ3n) is 4.54. The highest BCUT2D eigenvalue weighted by Crippen LogP contribution is 2.49. The Morgan fingerprint density at radius 3 is 2.69 bits per heavy atom. The van der Waals surface area contributed by atoms with E-state index in [2.05, 4.69) is 17.9 Å². The number of nitriles is 1. The molecule has 1 aliphatic heterocycles. The van der Waals surface area contributed by atoms with Gasteiger partial charge in [-0.2, -0.15) is 5.26 Å². The lowest BCUT2D eigenvalue weighted by atomic mass is 9.61. The van der Waals surface area contributed by atoms with Crippen molar-refractivity contribution >= 4 is 0 Å². The predicted octanol–water partition coefficient (Wildman–Crippen LogP) is 1.77. The first kappa shape index (κ1) is 11.9. The van der Waals surface area contributed by atoms with Gasteiger partial charge in [0.15, 0.2) is 0 Å². The fourth-order valence-corrected chi connectivity index (χ4v) is 3.55. The zero-order chi connectivity index (χ0) is 11.8. The van der Waals surface area contributed by atoms with E-state index in [4.69, 9.17) is 0 Å². The van der Waals surface area contributed by atoms with Crippen LogP contribution in [0, 0.1) is 22.7 Å². The Hall–Kier alpha value is -0.590. The van der Waals surface area contributed by atoms with Gasteiger partial charge in [-0.05, 0) is 32.2 Å². The number of nitrogens with zero attached hydrogens (tertiary/aromatic N) is 2. The van der Waals surface area contributed by atoms with Gasteiger partial charge in [-0.15, -0.1) is 0 Å². The van der Waals surface area contributed by atoms with Gasteiger partial charge in [0.2, 0.25) is 0 Å². The van der Waals surface area contributed by atoms with E-state index in [1.807, 2.05) is 7.05 Å². The van der Waals surface area contributed by atoms with Gasteiger partial charge in [-0.3, -0.25) is 0 Å². The molecular formula is C13H22N2O. The van der Waals surface area contributed by atoms with Gasteiger partial charge < -0.3 is 10.0 Å². The lowest BCUT2D eigenvalue weighted by molar-refractivity contribution is -0.0701. The summed E-state index contributed by atoms with van der Waals surface area (Å²) in [4.78, 5) is 2.14. The van der Waals surface area contributed by atoms with Crippen molar-refractivity contribution in [2.24, 2.45) is 11.3 Å². The molecule has 3 heteroatoms. The van der Waals surface area contributed by atoms with Gasteiger partial charge in [0, 0.05) is 13.1 Å². The second kappa shape index (κ2) is 4.01. The number of hydrogen-bond acceptors (Lipinski definition) is 3. The molecule has 1 aliphatic carbocycles. The Labute approximate surface area is 98.1 Å². The molecule has 0 radical (unpaired) electrons. The zero-order valence-electron chi connectivity index (χ0n) is 10.4. The molecule has 1 saturated heterocycles. The molecule has 1 heterocycles. The van der Waals surface area contributed by atoms with Crippen LogP contribution in [0.4, 0.5) is 0 Å². The molecule has 0 aromatic heterocycles. The van der Waals surface area contributed by atoms with Crippen LogP contribution in [0.3, 0.4) is 0 Å². The molecule has 3 unspecified atom stereocenters. The first-order valence-electron chi connectivity index (χ1n) is 6.33. The van der Waals surface area contributed by atoms with Crippen molar-refractivity contribution in [3.05, 3.63) is 0 Å². The molecule has 0 aromatic carbocycles. The highest BCUT2D eigenvalue weighted by Gasteiger charge is 2.54. The minimum atomic E-state index is -0.773. The van der Waals surface area contributed by atoms with Crippen molar-refractivity contribution in [1.82, 2.24) is 4.90 Å². The fourth-order valence-electron chi connectivity index (χ4n) is 3.55. The molecule has 1 saturated carbocycles. The van der Waals surface area contributed by atoms with E-state index < -0.39 is 11.0 Å². The summed E-state index contributed by atoms with van der Waals surface area (Å²) < 4.78 is 0. The largest absolute Gasteiger partial charge is 0.387 e. The average Bonchev–Trinajstić information content (AvgIpc) is 2.60. The molecule has 2 rings (SSSR count). The van der Waals surface area contributed by atoms with Gasteiger partial charge in [0.1, 0.15) is 0 Å². The van der Waals surface area contributed by atoms with Crippen molar-refractivity contribution in [3.63, 3.8) is 0 Å². The van der Waals surface area contributed by atoms with E-state index in [-0.39, 0.29) is 0 Å². The lowest BCUT2D eigenvalue weighted by Crippen LogP contribution is -2.51. The maximum atomic E-state index is 10.8. The van der Waals surface area contributed by atoms with Crippen LogP contribution in [0.15, 0.2) is 0 Å². The highest BCUT2D eigenvalue weighted by atomic mass is 16.3. The lowest BCUT2D eigenvalue weighted by Gasteiger charge is -2.44. The van der Waals surface area contributed by atoms with Gasteiger partial charge in [-0.25, -0.2) is 0 Å². The number of likely N-dealkylation sites (N-methyl/N-ethyl adjacent to an activating group) is 1. The number of hydrogen-bond donors (Lipinski definition) is 1. The fraction of sp³-hybridized carbons (Fsp3) is 0.923. The van der Waals surface area contributed by atoms with Crippen LogP contribution in [0.2, 0.25) is 0 Å². The van der Waals surface area contributed by atoms with E-state index in [0.717, 1.165) is 32.2 Å². The standard InChI is InChI=1S/C13H22N2O/c1-11-4-3-5-12(8-11,9-14)13(16)6-7-15(2)10-13/h11,16H,3-8,10H2,1-2H3. The summed E-state index contributed by atoms with van der Waals surface area (Å²) in [7, 11) is 2.02. The van der Waals surface area contributed by atoms with Crippen molar-refractivity contribution in [2.75, 3.05) is 20.1 Å². The van der Waals surface area contributed by atoms with Gasteiger partial charge in [-0.1, -0.05) is 19.8 Å². The molecule has 1 N–H and O–H groups in total. The normalized spacial score (nSPS) is 45.5. The van der Waals surface area contributed by atoms with Crippen molar-refractivity contribution in [1.29, 1.82) is 5.26 Å². The Morgan fingerprint density at radius 1 is 1.44 bits per heavy atom. The Morgan fingerprint density at radius 2 is 2.19 bits per heavy atom. The Kier molecular flexibility index (Phi) is 2.98. The van der Waals surface area contributed by atoms with Gasteiger partial charge in [0.25, 0.3) is 0 Å². The molecule has 2 fully saturated rings. The summed E-state index contributed by atoms with van der Waals surface area (Å²) in [6.07, 6.45) is 4.78. The molecule has 16 heavy (non-hydrogen) atoms. The van der Waals surface area contributed by atoms with Crippen molar-refractivity contribution in [2.45, 2.75) is 44.6 Å². The molecule has 0 spiro atoms. The number of rotatable bonds is 1. The Balaban J connectivity index is 2.24.